The molecule has 1 N–H and O–H groups in total. The zero-order valence-corrected chi connectivity index (χ0v) is 13.3. The number of ether oxygens (including phenoxy) is 1. The number of aromatic nitrogens is 1. The zero-order valence-electron chi connectivity index (χ0n) is 11.7. The van der Waals surface area contributed by atoms with Crippen LogP contribution in [0.5, 0.6) is 5.75 Å². The molecule has 0 aliphatic rings. The Labute approximate surface area is 131 Å². The summed E-state index contributed by atoms with van der Waals surface area (Å²) in [5, 5.41) is 14.6. The molecule has 1 heterocycles. The number of nitrogens with one attached hydrogen (secondary N) is 1. The summed E-state index contributed by atoms with van der Waals surface area (Å²) in [5.41, 5.74) is 4.35. The minimum absolute atomic E-state index is 0.538. The first-order chi connectivity index (χ1) is 10.3. The van der Waals surface area contributed by atoms with Crippen molar-refractivity contribution in [2.75, 3.05) is 18.3 Å². The number of rotatable bonds is 6. The molecule has 0 saturated carbocycles. The maximum Gasteiger partial charge on any atom is 0.148 e. The van der Waals surface area contributed by atoms with E-state index >= 15 is 0 Å². The van der Waals surface area contributed by atoms with Gasteiger partial charge in [-0.15, -0.1) is 11.8 Å². The molecule has 7 heteroatoms. The number of anilines is 1. The molecule has 0 unspecified atom stereocenters. The van der Waals surface area contributed by atoms with Gasteiger partial charge in [-0.05, 0) is 54.5 Å². The summed E-state index contributed by atoms with van der Waals surface area (Å²) in [6.07, 6.45) is 3.58. The smallest absolute Gasteiger partial charge is 0.148 e. The molecule has 21 heavy (non-hydrogen) atoms. The molecule has 108 valence electrons. The second-order valence-electron chi connectivity index (χ2n) is 3.88. The van der Waals surface area contributed by atoms with Crippen molar-refractivity contribution in [3.05, 3.63) is 35.4 Å². The predicted molar refractivity (Wildman–Crippen MR) is 87.4 cm³/mol. The van der Waals surface area contributed by atoms with Gasteiger partial charge in [-0.25, -0.2) is 0 Å². The molecule has 0 amide bonds. The Hall–Kier alpha value is -2.04. The third kappa shape index (κ3) is 3.97. The lowest BCUT2D eigenvalue weighted by atomic mass is 10.2. The van der Waals surface area contributed by atoms with Crippen molar-refractivity contribution in [3.63, 3.8) is 0 Å². The van der Waals surface area contributed by atoms with E-state index in [4.69, 9.17) is 10.00 Å². The largest absolute Gasteiger partial charge is 0.494 e. The summed E-state index contributed by atoms with van der Waals surface area (Å²) < 4.78 is 9.57. The van der Waals surface area contributed by atoms with Crippen molar-refractivity contribution in [3.8, 4) is 11.8 Å². The van der Waals surface area contributed by atoms with Crippen LogP contribution < -0.4 is 10.2 Å². The first-order valence-electron chi connectivity index (χ1n) is 6.24. The lowest BCUT2D eigenvalue weighted by Gasteiger charge is -2.02. The Morgan fingerprint density at radius 2 is 2.24 bits per heavy atom. The lowest BCUT2D eigenvalue weighted by Crippen LogP contribution is -1.93. The number of hydrogen-bond donors (Lipinski definition) is 1. The average Bonchev–Trinajstić information content (AvgIpc) is 2.91. The van der Waals surface area contributed by atoms with Crippen molar-refractivity contribution in [2.45, 2.75) is 11.9 Å². The summed E-state index contributed by atoms with van der Waals surface area (Å²) in [7, 11) is 0. The van der Waals surface area contributed by atoms with Crippen molar-refractivity contribution < 1.29 is 4.74 Å². The van der Waals surface area contributed by atoms with E-state index in [9.17, 15) is 0 Å². The minimum Gasteiger partial charge on any atom is -0.494 e. The van der Waals surface area contributed by atoms with Crippen LogP contribution in [0.1, 0.15) is 18.1 Å². The Kier molecular flexibility index (Phi) is 5.60. The van der Waals surface area contributed by atoms with Crippen LogP contribution in [0.15, 0.2) is 34.4 Å². The third-order valence-electron chi connectivity index (χ3n) is 2.54. The molecule has 0 bridgehead atoms. The second kappa shape index (κ2) is 7.67. The number of hydrazone groups is 1. The molecular formula is C14H14N4OS2. The van der Waals surface area contributed by atoms with E-state index < -0.39 is 0 Å². The molecule has 0 saturated heterocycles. The Bertz CT molecular complexity index is 659. The Balaban J connectivity index is 2.02. The van der Waals surface area contributed by atoms with E-state index in [0.717, 1.165) is 16.3 Å². The van der Waals surface area contributed by atoms with Crippen LogP contribution in [-0.2, 0) is 0 Å². The summed E-state index contributed by atoms with van der Waals surface area (Å²) in [4.78, 5) is 0. The van der Waals surface area contributed by atoms with Gasteiger partial charge in [0.1, 0.15) is 27.4 Å². The molecule has 5 nitrogen and oxygen atoms in total. The molecule has 0 atom stereocenters. The van der Waals surface area contributed by atoms with E-state index in [2.05, 4.69) is 21.0 Å². The van der Waals surface area contributed by atoms with E-state index in [-0.39, 0.29) is 0 Å². The number of nitrogens with zero attached hydrogens (tertiary/aromatic N) is 3. The highest BCUT2D eigenvalue weighted by Crippen LogP contribution is 2.29. The summed E-state index contributed by atoms with van der Waals surface area (Å²) in [6, 6.07) is 9.76. The van der Waals surface area contributed by atoms with Crippen LogP contribution in [0.25, 0.3) is 0 Å². The maximum absolute atomic E-state index is 9.11. The molecule has 2 rings (SSSR count). The van der Waals surface area contributed by atoms with Gasteiger partial charge in [-0.2, -0.15) is 14.7 Å². The highest BCUT2D eigenvalue weighted by molar-refractivity contribution is 7.98. The van der Waals surface area contributed by atoms with Gasteiger partial charge >= 0.3 is 0 Å². The SMILES string of the molecule is CCOc1ccc(/C=N/Nc2snc(SC)c2C#N)cc1. The molecule has 1 aromatic carbocycles. The van der Waals surface area contributed by atoms with E-state index in [1.165, 1.54) is 23.3 Å². The van der Waals surface area contributed by atoms with Gasteiger partial charge in [0.15, 0.2) is 0 Å². The third-order valence-corrected chi connectivity index (χ3v) is 4.09. The zero-order chi connectivity index (χ0) is 15.1. The Morgan fingerprint density at radius 1 is 1.48 bits per heavy atom. The van der Waals surface area contributed by atoms with E-state index in [1.807, 2.05) is 37.4 Å². The molecule has 2 aromatic rings. The molecule has 0 radical (unpaired) electrons. The van der Waals surface area contributed by atoms with Gasteiger partial charge in [0.2, 0.25) is 0 Å². The number of nitriles is 1. The average molecular weight is 318 g/mol. The molecule has 0 aliphatic carbocycles. The standard InChI is InChI=1S/C14H14N4OS2/c1-3-19-11-6-4-10(5-7-11)9-16-17-13-12(8-15)14(20-2)18-21-13/h4-7,9,17H,3H2,1-2H3/b16-9+. The fourth-order valence-electron chi connectivity index (χ4n) is 1.57. The van der Waals surface area contributed by atoms with Gasteiger partial charge < -0.3 is 4.74 Å². The molecule has 0 fully saturated rings. The van der Waals surface area contributed by atoms with Crippen molar-refractivity contribution >= 4 is 34.5 Å². The van der Waals surface area contributed by atoms with Crippen molar-refractivity contribution in [1.29, 1.82) is 5.26 Å². The van der Waals surface area contributed by atoms with E-state index in [0.29, 0.717) is 17.2 Å². The topological polar surface area (TPSA) is 70.3 Å². The maximum atomic E-state index is 9.11. The molecular weight excluding hydrogens is 304 g/mol. The molecule has 0 spiro atoms. The minimum atomic E-state index is 0.538. The van der Waals surface area contributed by atoms with Gasteiger partial charge in [0.05, 0.1) is 12.8 Å². The van der Waals surface area contributed by atoms with Crippen LogP contribution in [0.3, 0.4) is 0 Å². The molecule has 0 aliphatic heterocycles. The highest BCUT2D eigenvalue weighted by atomic mass is 32.2. The Morgan fingerprint density at radius 3 is 2.86 bits per heavy atom. The van der Waals surface area contributed by atoms with Crippen LogP contribution in [-0.4, -0.2) is 23.5 Å². The van der Waals surface area contributed by atoms with Crippen molar-refractivity contribution in [2.24, 2.45) is 5.10 Å². The van der Waals surface area contributed by atoms with Crippen LogP contribution in [0, 0.1) is 11.3 Å². The van der Waals surface area contributed by atoms with E-state index in [1.54, 1.807) is 6.21 Å². The summed E-state index contributed by atoms with van der Waals surface area (Å²) >= 11 is 2.68. The predicted octanol–water partition coefficient (Wildman–Crippen LogP) is 3.58. The van der Waals surface area contributed by atoms with Crippen LogP contribution >= 0.6 is 23.3 Å². The fraction of sp³-hybridized carbons (Fsp3) is 0.214. The monoisotopic (exact) mass is 318 g/mol. The van der Waals surface area contributed by atoms with Crippen LogP contribution in [0.2, 0.25) is 0 Å². The first-order valence-corrected chi connectivity index (χ1v) is 8.24. The van der Waals surface area contributed by atoms with Gasteiger partial charge in [0, 0.05) is 0 Å². The number of benzene rings is 1. The fourth-order valence-corrected chi connectivity index (χ4v) is 2.99. The first kappa shape index (κ1) is 15.4. The number of hydrogen-bond acceptors (Lipinski definition) is 7. The molecule has 1 aromatic heterocycles. The summed E-state index contributed by atoms with van der Waals surface area (Å²) in [6.45, 7) is 2.60. The van der Waals surface area contributed by atoms with Crippen molar-refractivity contribution in [1.82, 2.24) is 4.37 Å². The lowest BCUT2D eigenvalue weighted by molar-refractivity contribution is 0.340. The normalized spacial score (nSPS) is 10.5. The second-order valence-corrected chi connectivity index (χ2v) is 5.45. The highest BCUT2D eigenvalue weighted by Gasteiger charge is 2.11. The summed E-state index contributed by atoms with van der Waals surface area (Å²) in [5.74, 6) is 0.835. The van der Waals surface area contributed by atoms with Gasteiger partial charge in [0.25, 0.3) is 0 Å². The quantitative estimate of drug-likeness (QED) is 0.501. The van der Waals surface area contributed by atoms with Crippen LogP contribution in [0.4, 0.5) is 5.00 Å². The van der Waals surface area contributed by atoms with Gasteiger partial charge in [-0.3, -0.25) is 5.43 Å². The van der Waals surface area contributed by atoms with Gasteiger partial charge in [-0.1, -0.05) is 0 Å². The number of thioether (sulfide) groups is 1.